The summed E-state index contributed by atoms with van der Waals surface area (Å²) in [6, 6.07) is 12.2. The van der Waals surface area contributed by atoms with Crippen molar-refractivity contribution < 1.29 is 23.9 Å². The fraction of sp³-hybridized carbons (Fsp3) is 0.320. The van der Waals surface area contributed by atoms with Crippen molar-refractivity contribution >= 4 is 23.3 Å². The maximum absolute atomic E-state index is 13.4. The number of Topliss-reactive ketones (excluding diaryl/α,β-unsaturated/α-hetero) is 1. The summed E-state index contributed by atoms with van der Waals surface area (Å²) in [5, 5.41) is 0. The van der Waals surface area contributed by atoms with Gasteiger partial charge in [-0.05, 0) is 53.8 Å². The first-order valence-corrected chi connectivity index (χ1v) is 10.6. The highest BCUT2D eigenvalue weighted by molar-refractivity contribution is 6.08. The molecule has 1 unspecified atom stereocenters. The van der Waals surface area contributed by atoms with Crippen LogP contribution >= 0.6 is 0 Å². The second kappa shape index (κ2) is 7.22. The summed E-state index contributed by atoms with van der Waals surface area (Å²) in [7, 11) is 0. The van der Waals surface area contributed by atoms with Crippen molar-refractivity contribution in [3.8, 4) is 11.5 Å². The summed E-state index contributed by atoms with van der Waals surface area (Å²) < 4.78 is 10.9. The zero-order valence-electron chi connectivity index (χ0n) is 18.0. The number of nitrogens with zero attached hydrogens (tertiary/aromatic N) is 1. The molecule has 2 aromatic rings. The van der Waals surface area contributed by atoms with Gasteiger partial charge in [0.2, 0.25) is 18.6 Å². The number of benzene rings is 2. The van der Waals surface area contributed by atoms with Crippen molar-refractivity contribution in [1.82, 2.24) is 0 Å². The molecule has 2 aliphatic heterocycles. The van der Waals surface area contributed by atoms with E-state index >= 15 is 0 Å². The lowest BCUT2D eigenvalue weighted by Crippen LogP contribution is -2.43. The molecule has 1 aliphatic carbocycles. The third-order valence-electron chi connectivity index (χ3n) is 6.35. The van der Waals surface area contributed by atoms with E-state index in [9.17, 15) is 14.4 Å². The fourth-order valence-electron chi connectivity index (χ4n) is 4.90. The maximum Gasteiger partial charge on any atom is 0.248 e. The van der Waals surface area contributed by atoms with Crippen LogP contribution in [0.25, 0.3) is 0 Å². The second-order valence-corrected chi connectivity index (χ2v) is 9.31. The van der Waals surface area contributed by atoms with Crippen LogP contribution < -0.4 is 20.1 Å². The van der Waals surface area contributed by atoms with Gasteiger partial charge >= 0.3 is 0 Å². The monoisotopic (exact) mass is 432 g/mol. The van der Waals surface area contributed by atoms with E-state index in [0.29, 0.717) is 41.2 Å². The predicted octanol–water partition coefficient (Wildman–Crippen LogP) is 3.68. The lowest BCUT2D eigenvalue weighted by molar-refractivity contribution is -0.121. The number of nitrogens with two attached hydrogens (primary N) is 1. The minimum Gasteiger partial charge on any atom is -0.454 e. The van der Waals surface area contributed by atoms with Crippen molar-refractivity contribution in [2.45, 2.75) is 39.0 Å². The van der Waals surface area contributed by atoms with Crippen molar-refractivity contribution in [2.24, 2.45) is 11.1 Å². The Bertz CT molecular complexity index is 1180. The van der Waals surface area contributed by atoms with E-state index in [1.807, 2.05) is 32.0 Å². The largest absolute Gasteiger partial charge is 0.454 e. The molecule has 7 heteroatoms. The molecule has 0 aromatic heterocycles. The molecule has 7 nitrogen and oxygen atoms in total. The van der Waals surface area contributed by atoms with Crippen LogP contribution in [0, 0.1) is 5.41 Å². The molecule has 0 fully saturated rings. The first-order valence-electron chi connectivity index (χ1n) is 10.6. The maximum atomic E-state index is 13.4. The standard InChI is InChI=1S/C25H24N2O5/c1-25(2)11-18-23(19(28)12-25)17(15-5-8-20-21(9-15)32-13-31-20)10-22(29)27(18)16-6-3-14(4-7-16)24(26)30/h3-9,17H,10-13H2,1-2H3,(H2,26,30). The van der Waals surface area contributed by atoms with E-state index in [4.69, 9.17) is 15.2 Å². The van der Waals surface area contributed by atoms with E-state index in [-0.39, 0.29) is 36.2 Å². The molecule has 2 amide bonds. The molecule has 0 spiro atoms. The molecule has 0 bridgehead atoms. The molecule has 0 saturated heterocycles. The number of carbonyl (C=O) groups is 3. The molecule has 2 aromatic carbocycles. The highest BCUT2D eigenvalue weighted by atomic mass is 16.7. The van der Waals surface area contributed by atoms with Crippen molar-refractivity contribution in [2.75, 3.05) is 11.7 Å². The number of ether oxygens (including phenoxy) is 2. The van der Waals surface area contributed by atoms with E-state index in [0.717, 1.165) is 11.3 Å². The number of ketones is 1. The molecule has 3 aliphatic rings. The lowest BCUT2D eigenvalue weighted by Gasteiger charge is -2.43. The molecule has 0 radical (unpaired) electrons. The summed E-state index contributed by atoms with van der Waals surface area (Å²) in [4.78, 5) is 39.9. The molecular formula is C25H24N2O5. The van der Waals surface area contributed by atoms with E-state index in [2.05, 4.69) is 0 Å². The zero-order chi connectivity index (χ0) is 22.6. The van der Waals surface area contributed by atoms with Gasteiger partial charge in [-0.2, -0.15) is 0 Å². The molecule has 2 N–H and O–H groups in total. The Morgan fingerprint density at radius 3 is 2.47 bits per heavy atom. The second-order valence-electron chi connectivity index (χ2n) is 9.31. The molecule has 32 heavy (non-hydrogen) atoms. The predicted molar refractivity (Wildman–Crippen MR) is 117 cm³/mol. The minimum atomic E-state index is -0.529. The minimum absolute atomic E-state index is 0.0603. The quantitative estimate of drug-likeness (QED) is 0.798. The summed E-state index contributed by atoms with van der Waals surface area (Å²) in [5.41, 5.74) is 8.37. The van der Waals surface area contributed by atoms with Crippen LogP contribution in [0.5, 0.6) is 11.5 Å². The van der Waals surface area contributed by atoms with E-state index in [1.54, 1.807) is 29.2 Å². The number of primary amides is 1. The molecule has 164 valence electrons. The zero-order valence-corrected chi connectivity index (χ0v) is 18.0. The van der Waals surface area contributed by atoms with Crippen LogP contribution in [0.2, 0.25) is 0 Å². The Hall–Kier alpha value is -3.61. The third-order valence-corrected chi connectivity index (χ3v) is 6.35. The summed E-state index contributed by atoms with van der Waals surface area (Å²) in [6.07, 6.45) is 1.19. The Balaban J connectivity index is 1.63. The normalized spacial score (nSPS) is 21.6. The average molecular weight is 432 g/mol. The van der Waals surface area contributed by atoms with Gasteiger partial charge in [0.25, 0.3) is 0 Å². The number of hydrogen-bond acceptors (Lipinski definition) is 5. The van der Waals surface area contributed by atoms with Gasteiger partial charge in [-0.15, -0.1) is 0 Å². The van der Waals surface area contributed by atoms with Crippen LogP contribution in [-0.4, -0.2) is 24.4 Å². The summed E-state index contributed by atoms with van der Waals surface area (Å²) in [5.74, 6) is 0.395. The lowest BCUT2D eigenvalue weighted by atomic mass is 9.69. The molecule has 5 rings (SSSR count). The Morgan fingerprint density at radius 1 is 1.03 bits per heavy atom. The SMILES string of the molecule is CC1(C)CC(=O)C2=C(C1)N(c1ccc(C(N)=O)cc1)C(=O)CC2c1ccc2c(c1)OCO2. The topological polar surface area (TPSA) is 98.9 Å². The third kappa shape index (κ3) is 3.34. The highest BCUT2D eigenvalue weighted by Crippen LogP contribution is 2.49. The fourth-order valence-corrected chi connectivity index (χ4v) is 4.90. The first-order chi connectivity index (χ1) is 15.2. The van der Waals surface area contributed by atoms with Gasteiger partial charge in [-0.1, -0.05) is 19.9 Å². The van der Waals surface area contributed by atoms with Gasteiger partial charge < -0.3 is 15.2 Å². The molecule has 0 saturated carbocycles. The number of anilines is 1. The number of amides is 2. The molecule has 2 heterocycles. The van der Waals surface area contributed by atoms with Gasteiger partial charge in [-0.25, -0.2) is 0 Å². The van der Waals surface area contributed by atoms with E-state index in [1.165, 1.54) is 0 Å². The van der Waals surface area contributed by atoms with E-state index < -0.39 is 5.91 Å². The smallest absolute Gasteiger partial charge is 0.248 e. The number of fused-ring (bicyclic) bond motifs is 1. The van der Waals surface area contributed by atoms with Crippen LogP contribution in [0.15, 0.2) is 53.7 Å². The average Bonchev–Trinajstić information content (AvgIpc) is 3.20. The van der Waals surface area contributed by atoms with Crippen LogP contribution in [0.1, 0.15) is 54.9 Å². The van der Waals surface area contributed by atoms with Gasteiger partial charge in [0.1, 0.15) is 0 Å². The highest BCUT2D eigenvalue weighted by Gasteiger charge is 2.44. The number of rotatable bonds is 3. The summed E-state index contributed by atoms with van der Waals surface area (Å²) in [6.45, 7) is 4.24. The number of carbonyl (C=O) groups excluding carboxylic acids is 3. The van der Waals surface area contributed by atoms with Gasteiger partial charge in [0.15, 0.2) is 17.3 Å². The molecular weight excluding hydrogens is 408 g/mol. The van der Waals surface area contributed by atoms with Crippen LogP contribution in [-0.2, 0) is 9.59 Å². The van der Waals surface area contributed by atoms with Gasteiger partial charge in [0, 0.05) is 41.3 Å². The van der Waals surface area contributed by atoms with Crippen LogP contribution in [0.3, 0.4) is 0 Å². The molecule has 1 atom stereocenters. The number of allylic oxidation sites excluding steroid dienone is 2. The number of hydrogen-bond donors (Lipinski definition) is 1. The Kier molecular flexibility index (Phi) is 4.58. The summed E-state index contributed by atoms with van der Waals surface area (Å²) >= 11 is 0. The van der Waals surface area contributed by atoms with Crippen molar-refractivity contribution in [3.05, 3.63) is 64.9 Å². The van der Waals surface area contributed by atoms with Crippen molar-refractivity contribution in [1.29, 1.82) is 0 Å². The van der Waals surface area contributed by atoms with Gasteiger partial charge in [-0.3, -0.25) is 19.3 Å². The Labute approximate surface area is 185 Å². The first kappa shape index (κ1) is 20.3. The Morgan fingerprint density at radius 2 is 1.75 bits per heavy atom. The van der Waals surface area contributed by atoms with Crippen molar-refractivity contribution in [3.63, 3.8) is 0 Å². The van der Waals surface area contributed by atoms with Crippen LogP contribution in [0.4, 0.5) is 5.69 Å². The van der Waals surface area contributed by atoms with Gasteiger partial charge in [0.05, 0.1) is 0 Å².